The molecule has 0 saturated heterocycles. The van der Waals surface area contributed by atoms with Crippen LogP contribution in [0.2, 0.25) is 0 Å². The molecule has 3 N–H and O–H groups in total. The van der Waals surface area contributed by atoms with Crippen molar-refractivity contribution < 1.29 is 19.8 Å². The highest BCUT2D eigenvalue weighted by Crippen LogP contribution is 2.28. The lowest BCUT2D eigenvalue weighted by molar-refractivity contribution is -0.709. The zero-order valence-corrected chi connectivity index (χ0v) is 14.4. The second-order valence-electron chi connectivity index (χ2n) is 5.81. The fraction of sp³-hybridized carbons (Fsp3) is 0.278. The first-order valence-corrected chi connectivity index (χ1v) is 7.95. The average Bonchev–Trinajstić information content (AvgIpc) is 2.62. The van der Waals surface area contributed by atoms with Gasteiger partial charge in [0, 0.05) is 5.56 Å². The van der Waals surface area contributed by atoms with Crippen molar-refractivity contribution in [2.45, 2.75) is 25.9 Å². The Balaban J connectivity index is 2.07. The molecule has 0 fully saturated rings. The van der Waals surface area contributed by atoms with E-state index < -0.39 is 11.0 Å². The van der Waals surface area contributed by atoms with Crippen LogP contribution in [0.3, 0.4) is 0 Å². The molecule has 0 unspecified atom stereocenters. The van der Waals surface area contributed by atoms with Gasteiger partial charge in [-0.25, -0.2) is 0 Å². The molecular weight excluding hydrogens is 322 g/mol. The van der Waals surface area contributed by atoms with Crippen molar-refractivity contribution in [3.05, 3.63) is 64.2 Å². The zero-order valence-electron chi connectivity index (χ0n) is 14.4. The highest BCUT2D eigenvalue weighted by atomic mass is 16.6. The molecule has 25 heavy (non-hydrogen) atoms. The summed E-state index contributed by atoms with van der Waals surface area (Å²) in [5.41, 5.74) is 1.07. The van der Waals surface area contributed by atoms with Crippen molar-refractivity contribution in [2.75, 3.05) is 12.4 Å². The predicted molar refractivity (Wildman–Crippen MR) is 94.5 cm³/mol. The van der Waals surface area contributed by atoms with Crippen LogP contribution in [0.1, 0.15) is 25.5 Å². The van der Waals surface area contributed by atoms with Crippen LogP contribution < -0.4 is 15.4 Å². The second kappa shape index (κ2) is 8.25. The SMILES string of the molecule is COc1ccc(NC(=O)[C@@H](C)[NH2+][C@@H](C)c2ccccc2)c([N+](=O)[O-])c1. The number of nitro groups is 1. The van der Waals surface area contributed by atoms with Gasteiger partial charge in [0.15, 0.2) is 6.04 Å². The van der Waals surface area contributed by atoms with E-state index in [-0.39, 0.29) is 23.3 Å². The Morgan fingerprint density at radius 1 is 1.20 bits per heavy atom. The minimum absolute atomic E-state index is 0.0906. The molecule has 7 nitrogen and oxygen atoms in total. The number of nitro benzene ring substituents is 1. The maximum Gasteiger partial charge on any atom is 0.296 e. The Labute approximate surface area is 146 Å². The monoisotopic (exact) mass is 344 g/mol. The van der Waals surface area contributed by atoms with E-state index in [1.807, 2.05) is 42.6 Å². The molecule has 7 heteroatoms. The standard InChI is InChI=1S/C18H21N3O4/c1-12(14-7-5-4-6-8-14)19-13(2)18(22)20-16-10-9-15(25-3)11-17(16)21(23)24/h4-13,19H,1-3H3,(H,20,22)/p+1/t12-,13+/m0/s1. The summed E-state index contributed by atoms with van der Waals surface area (Å²) in [6.07, 6.45) is 0. The number of nitrogens with zero attached hydrogens (tertiary/aromatic N) is 1. The zero-order chi connectivity index (χ0) is 18.4. The lowest BCUT2D eigenvalue weighted by Gasteiger charge is -2.17. The van der Waals surface area contributed by atoms with Crippen LogP contribution >= 0.6 is 0 Å². The summed E-state index contributed by atoms with van der Waals surface area (Å²) in [6.45, 7) is 3.78. The lowest BCUT2D eigenvalue weighted by atomic mass is 10.1. The quantitative estimate of drug-likeness (QED) is 0.594. The fourth-order valence-corrected chi connectivity index (χ4v) is 2.53. The number of hydrogen-bond donors (Lipinski definition) is 2. The number of amides is 1. The van der Waals surface area contributed by atoms with Crippen molar-refractivity contribution in [3.63, 3.8) is 0 Å². The number of carbonyl (C=O) groups excluding carboxylic acids is 1. The Bertz CT molecular complexity index is 749. The first kappa shape index (κ1) is 18.4. The van der Waals surface area contributed by atoms with Gasteiger partial charge in [-0.15, -0.1) is 0 Å². The third kappa shape index (κ3) is 4.77. The first-order valence-electron chi connectivity index (χ1n) is 7.95. The van der Waals surface area contributed by atoms with E-state index in [4.69, 9.17) is 4.74 Å². The number of nitrogens with two attached hydrogens (primary N) is 1. The minimum Gasteiger partial charge on any atom is -0.496 e. The molecule has 0 aliphatic heterocycles. The number of nitrogens with one attached hydrogen (secondary N) is 1. The summed E-state index contributed by atoms with van der Waals surface area (Å²) in [4.78, 5) is 23.1. The van der Waals surface area contributed by atoms with E-state index in [1.165, 1.54) is 19.2 Å². The number of ether oxygens (including phenoxy) is 1. The number of benzene rings is 2. The van der Waals surface area contributed by atoms with E-state index in [2.05, 4.69) is 5.32 Å². The summed E-state index contributed by atoms with van der Waals surface area (Å²) < 4.78 is 4.99. The molecule has 132 valence electrons. The van der Waals surface area contributed by atoms with E-state index in [1.54, 1.807) is 13.0 Å². The normalized spacial score (nSPS) is 12.9. The first-order chi connectivity index (χ1) is 11.9. The largest absolute Gasteiger partial charge is 0.496 e. The average molecular weight is 344 g/mol. The van der Waals surface area contributed by atoms with Gasteiger partial charge in [0.1, 0.15) is 17.5 Å². The number of rotatable bonds is 7. The van der Waals surface area contributed by atoms with Gasteiger partial charge in [-0.2, -0.15) is 0 Å². The number of anilines is 1. The molecule has 2 rings (SSSR count). The fourth-order valence-electron chi connectivity index (χ4n) is 2.53. The molecule has 2 atom stereocenters. The molecule has 2 aromatic rings. The summed E-state index contributed by atoms with van der Waals surface area (Å²) in [5.74, 6) is 0.0676. The number of hydrogen-bond acceptors (Lipinski definition) is 4. The predicted octanol–water partition coefficient (Wildman–Crippen LogP) is 2.25. The molecule has 0 bridgehead atoms. The van der Waals surface area contributed by atoms with Crippen LogP contribution in [-0.2, 0) is 4.79 Å². The van der Waals surface area contributed by atoms with Crippen molar-refractivity contribution >= 4 is 17.3 Å². The Morgan fingerprint density at radius 3 is 2.48 bits per heavy atom. The number of carbonyl (C=O) groups is 1. The molecule has 1 amide bonds. The van der Waals surface area contributed by atoms with E-state index in [0.29, 0.717) is 5.75 Å². The Kier molecular flexibility index (Phi) is 6.08. The van der Waals surface area contributed by atoms with Crippen LogP contribution in [0.4, 0.5) is 11.4 Å². The third-order valence-electron chi connectivity index (χ3n) is 3.98. The second-order valence-corrected chi connectivity index (χ2v) is 5.81. The van der Waals surface area contributed by atoms with Crippen LogP contribution in [0.5, 0.6) is 5.75 Å². The molecule has 0 saturated carbocycles. The number of methoxy groups -OCH3 is 1. The molecule has 2 aromatic carbocycles. The van der Waals surface area contributed by atoms with E-state index >= 15 is 0 Å². The van der Waals surface area contributed by atoms with Crippen molar-refractivity contribution in [2.24, 2.45) is 0 Å². The third-order valence-corrected chi connectivity index (χ3v) is 3.98. The molecule has 0 aliphatic rings. The summed E-state index contributed by atoms with van der Waals surface area (Å²) in [6, 6.07) is 13.9. The van der Waals surface area contributed by atoms with Crippen LogP contribution in [-0.4, -0.2) is 24.0 Å². The van der Waals surface area contributed by atoms with Gasteiger partial charge in [-0.1, -0.05) is 30.3 Å². The van der Waals surface area contributed by atoms with Gasteiger partial charge < -0.3 is 15.4 Å². The van der Waals surface area contributed by atoms with Gasteiger partial charge in [-0.05, 0) is 26.0 Å². The van der Waals surface area contributed by atoms with Crippen LogP contribution in [0.15, 0.2) is 48.5 Å². The lowest BCUT2D eigenvalue weighted by Crippen LogP contribution is -2.91. The van der Waals surface area contributed by atoms with Crippen molar-refractivity contribution in [3.8, 4) is 5.75 Å². The molecule has 0 radical (unpaired) electrons. The molecule has 0 spiro atoms. The Morgan fingerprint density at radius 2 is 1.88 bits per heavy atom. The van der Waals surface area contributed by atoms with E-state index in [9.17, 15) is 14.9 Å². The Hall–Kier alpha value is -2.93. The molecule has 0 aliphatic carbocycles. The molecule has 0 heterocycles. The van der Waals surface area contributed by atoms with Gasteiger partial charge in [0.05, 0.1) is 18.1 Å². The highest BCUT2D eigenvalue weighted by Gasteiger charge is 2.23. The number of quaternary nitrogens is 1. The van der Waals surface area contributed by atoms with Crippen molar-refractivity contribution in [1.29, 1.82) is 0 Å². The highest BCUT2D eigenvalue weighted by molar-refractivity contribution is 5.95. The maximum atomic E-state index is 12.4. The summed E-state index contributed by atoms with van der Waals surface area (Å²) in [5, 5.41) is 15.7. The maximum absolute atomic E-state index is 12.4. The van der Waals surface area contributed by atoms with Gasteiger partial charge in [0.2, 0.25) is 0 Å². The van der Waals surface area contributed by atoms with E-state index in [0.717, 1.165) is 5.56 Å². The van der Waals surface area contributed by atoms with Crippen LogP contribution in [0.25, 0.3) is 0 Å². The van der Waals surface area contributed by atoms with Gasteiger partial charge in [0.25, 0.3) is 11.6 Å². The van der Waals surface area contributed by atoms with Gasteiger partial charge in [-0.3, -0.25) is 14.9 Å². The van der Waals surface area contributed by atoms with Crippen LogP contribution in [0, 0.1) is 10.1 Å². The van der Waals surface area contributed by atoms with Gasteiger partial charge >= 0.3 is 0 Å². The minimum atomic E-state index is -0.543. The summed E-state index contributed by atoms with van der Waals surface area (Å²) in [7, 11) is 1.43. The summed E-state index contributed by atoms with van der Waals surface area (Å²) >= 11 is 0. The topological polar surface area (TPSA) is 98.1 Å². The smallest absolute Gasteiger partial charge is 0.296 e. The molecular formula is C18H22N3O4+. The van der Waals surface area contributed by atoms with Crippen molar-refractivity contribution in [1.82, 2.24) is 0 Å². The molecule has 0 aromatic heterocycles.